The van der Waals surface area contributed by atoms with Crippen LogP contribution < -0.4 is 5.32 Å². The summed E-state index contributed by atoms with van der Waals surface area (Å²) in [5.74, 6) is 1.81. The van der Waals surface area contributed by atoms with E-state index in [0.717, 1.165) is 23.9 Å². The number of hydrogen-bond donors (Lipinski definition) is 1. The van der Waals surface area contributed by atoms with E-state index in [2.05, 4.69) is 58.9 Å². The molecule has 6 nitrogen and oxygen atoms in total. The zero-order valence-electron chi connectivity index (χ0n) is 15.5. The minimum atomic E-state index is 0. The minimum Gasteiger partial charge on any atom is -0.352 e. The van der Waals surface area contributed by atoms with E-state index in [4.69, 9.17) is 0 Å². The molecular weight excluding hydrogens is 427 g/mol. The number of guanidine groups is 1. The normalized spacial score (nSPS) is 18.3. The van der Waals surface area contributed by atoms with Crippen molar-refractivity contribution in [1.82, 2.24) is 24.8 Å². The third-order valence-corrected chi connectivity index (χ3v) is 5.38. The number of aliphatic imine (C=N–C) groups is 1. The zero-order chi connectivity index (χ0) is 17.4. The summed E-state index contributed by atoms with van der Waals surface area (Å²) in [4.78, 5) is 15.3. The Morgan fingerprint density at radius 3 is 2.52 bits per heavy atom. The predicted octanol–water partition coefficient (Wildman–Crippen LogP) is 3.08. The Bertz CT molecular complexity index is 719. The maximum atomic E-state index is 4.49. The molecular formula is C18H27IN6. The van der Waals surface area contributed by atoms with E-state index in [1.807, 2.05) is 30.1 Å². The molecule has 136 valence electrons. The van der Waals surface area contributed by atoms with Crippen LogP contribution in [0.2, 0.25) is 0 Å². The second-order valence-electron chi connectivity index (χ2n) is 7.42. The van der Waals surface area contributed by atoms with Crippen molar-refractivity contribution in [3.63, 3.8) is 0 Å². The Balaban J connectivity index is 0.00000225. The lowest BCUT2D eigenvalue weighted by molar-refractivity contribution is -0.0667. The standard InChI is InChI=1S/C18H26N6.HI/c1-17(2)12-24(18(17,3)4)16(19-5)22-11-14-6-7-15(21-10-14)23-9-8-20-13-23;/h6-10,13H,11-12H2,1-5H3,(H,19,22);1H. The lowest BCUT2D eigenvalue weighted by Crippen LogP contribution is -2.72. The van der Waals surface area contributed by atoms with Gasteiger partial charge in [-0.05, 0) is 25.5 Å². The molecule has 3 heterocycles. The van der Waals surface area contributed by atoms with E-state index in [9.17, 15) is 0 Å². The number of likely N-dealkylation sites (tertiary alicyclic amines) is 1. The first-order valence-electron chi connectivity index (χ1n) is 8.27. The Hall–Kier alpha value is -1.64. The molecule has 0 unspecified atom stereocenters. The Morgan fingerprint density at radius 2 is 2.04 bits per heavy atom. The van der Waals surface area contributed by atoms with Crippen molar-refractivity contribution in [2.75, 3.05) is 13.6 Å². The van der Waals surface area contributed by atoms with Crippen LogP contribution in [-0.4, -0.2) is 44.5 Å². The maximum absolute atomic E-state index is 4.49. The van der Waals surface area contributed by atoms with Gasteiger partial charge in [0.1, 0.15) is 12.1 Å². The van der Waals surface area contributed by atoms with Crippen LogP contribution in [0.4, 0.5) is 0 Å². The number of nitrogens with zero attached hydrogens (tertiary/aromatic N) is 5. The number of imidazole rings is 1. The second-order valence-corrected chi connectivity index (χ2v) is 7.42. The lowest BCUT2D eigenvalue weighted by atomic mass is 9.65. The van der Waals surface area contributed by atoms with Gasteiger partial charge in [0.25, 0.3) is 0 Å². The fourth-order valence-corrected chi connectivity index (χ4v) is 2.95. The number of aromatic nitrogens is 3. The van der Waals surface area contributed by atoms with E-state index in [0.29, 0.717) is 12.0 Å². The highest BCUT2D eigenvalue weighted by Gasteiger charge is 2.53. The van der Waals surface area contributed by atoms with Crippen LogP contribution in [0.3, 0.4) is 0 Å². The van der Waals surface area contributed by atoms with Gasteiger partial charge in [0.05, 0.1) is 0 Å². The molecule has 0 atom stereocenters. The van der Waals surface area contributed by atoms with E-state index >= 15 is 0 Å². The first-order chi connectivity index (χ1) is 11.3. The minimum absolute atomic E-state index is 0. The fraction of sp³-hybridized carbons (Fsp3) is 0.500. The summed E-state index contributed by atoms with van der Waals surface area (Å²) in [5.41, 5.74) is 1.51. The Morgan fingerprint density at radius 1 is 1.28 bits per heavy atom. The number of nitrogens with one attached hydrogen (secondary N) is 1. The highest BCUT2D eigenvalue weighted by atomic mass is 127. The van der Waals surface area contributed by atoms with Crippen molar-refractivity contribution in [3.8, 4) is 5.82 Å². The van der Waals surface area contributed by atoms with Gasteiger partial charge in [-0.3, -0.25) is 9.56 Å². The number of halogens is 1. The van der Waals surface area contributed by atoms with Crippen LogP contribution in [-0.2, 0) is 6.54 Å². The summed E-state index contributed by atoms with van der Waals surface area (Å²) in [5, 5.41) is 3.45. The molecule has 0 amide bonds. The smallest absolute Gasteiger partial charge is 0.194 e. The van der Waals surface area contributed by atoms with Gasteiger partial charge < -0.3 is 10.2 Å². The van der Waals surface area contributed by atoms with Crippen molar-refractivity contribution < 1.29 is 0 Å². The molecule has 25 heavy (non-hydrogen) atoms. The van der Waals surface area contributed by atoms with Gasteiger partial charge in [0.2, 0.25) is 0 Å². The van der Waals surface area contributed by atoms with Crippen molar-refractivity contribution >= 4 is 29.9 Å². The van der Waals surface area contributed by atoms with Crippen molar-refractivity contribution in [2.24, 2.45) is 10.4 Å². The summed E-state index contributed by atoms with van der Waals surface area (Å²) in [7, 11) is 1.84. The first kappa shape index (κ1) is 19.7. The number of rotatable bonds is 3. The number of pyridine rings is 1. The summed E-state index contributed by atoms with van der Waals surface area (Å²) < 4.78 is 1.89. The maximum Gasteiger partial charge on any atom is 0.194 e. The topological polar surface area (TPSA) is 58.3 Å². The van der Waals surface area contributed by atoms with Gasteiger partial charge in [0, 0.05) is 49.7 Å². The van der Waals surface area contributed by atoms with Gasteiger partial charge in [-0.1, -0.05) is 19.9 Å². The van der Waals surface area contributed by atoms with Crippen LogP contribution in [0.15, 0.2) is 42.0 Å². The molecule has 1 fully saturated rings. The van der Waals surface area contributed by atoms with Gasteiger partial charge in [-0.15, -0.1) is 24.0 Å². The first-order valence-corrected chi connectivity index (χ1v) is 8.27. The zero-order valence-corrected chi connectivity index (χ0v) is 17.9. The molecule has 1 saturated heterocycles. The molecule has 0 aromatic carbocycles. The molecule has 2 aromatic heterocycles. The van der Waals surface area contributed by atoms with Crippen LogP contribution >= 0.6 is 24.0 Å². The molecule has 1 aliphatic heterocycles. The van der Waals surface area contributed by atoms with Crippen LogP contribution in [0.5, 0.6) is 0 Å². The molecule has 7 heteroatoms. The van der Waals surface area contributed by atoms with E-state index in [1.165, 1.54) is 0 Å². The monoisotopic (exact) mass is 454 g/mol. The van der Waals surface area contributed by atoms with Gasteiger partial charge in [0.15, 0.2) is 5.96 Å². The average molecular weight is 454 g/mol. The summed E-state index contributed by atoms with van der Waals surface area (Å²) in [6.45, 7) is 10.9. The fourth-order valence-electron chi connectivity index (χ4n) is 2.95. The largest absolute Gasteiger partial charge is 0.352 e. The van der Waals surface area contributed by atoms with Gasteiger partial charge in [-0.2, -0.15) is 0 Å². The molecule has 0 spiro atoms. The third-order valence-electron chi connectivity index (χ3n) is 5.38. The Labute approximate surface area is 166 Å². The van der Waals surface area contributed by atoms with E-state index < -0.39 is 0 Å². The molecule has 0 bridgehead atoms. The molecule has 1 N–H and O–H groups in total. The third kappa shape index (κ3) is 3.65. The molecule has 0 aliphatic carbocycles. The summed E-state index contributed by atoms with van der Waals surface area (Å²) in [6, 6.07) is 4.08. The highest BCUT2D eigenvalue weighted by Crippen LogP contribution is 2.46. The lowest BCUT2D eigenvalue weighted by Gasteiger charge is -2.62. The second kappa shape index (κ2) is 7.31. The van der Waals surface area contributed by atoms with Crippen molar-refractivity contribution in [1.29, 1.82) is 0 Å². The van der Waals surface area contributed by atoms with Crippen LogP contribution in [0, 0.1) is 5.41 Å². The molecule has 1 aliphatic rings. The predicted molar refractivity (Wildman–Crippen MR) is 112 cm³/mol. The summed E-state index contributed by atoms with van der Waals surface area (Å²) in [6.07, 6.45) is 7.27. The highest BCUT2D eigenvalue weighted by molar-refractivity contribution is 14.0. The quantitative estimate of drug-likeness (QED) is 0.440. The SMILES string of the molecule is CN=C(NCc1ccc(-n2ccnc2)nc1)N1CC(C)(C)C1(C)C.I. The molecule has 0 saturated carbocycles. The van der Waals surface area contributed by atoms with Gasteiger partial charge in [-0.25, -0.2) is 9.97 Å². The number of hydrogen-bond acceptors (Lipinski definition) is 3. The van der Waals surface area contributed by atoms with Crippen molar-refractivity contribution in [2.45, 2.75) is 39.8 Å². The molecule has 3 rings (SSSR count). The van der Waals surface area contributed by atoms with Crippen molar-refractivity contribution in [3.05, 3.63) is 42.6 Å². The van der Waals surface area contributed by atoms with Crippen LogP contribution in [0.1, 0.15) is 33.3 Å². The average Bonchev–Trinajstić information content (AvgIpc) is 3.09. The molecule has 2 aromatic rings. The van der Waals surface area contributed by atoms with E-state index in [1.54, 1.807) is 12.5 Å². The Kier molecular flexibility index (Phi) is 5.75. The summed E-state index contributed by atoms with van der Waals surface area (Å²) >= 11 is 0. The van der Waals surface area contributed by atoms with E-state index in [-0.39, 0.29) is 29.5 Å². The molecule has 0 radical (unpaired) electrons. The van der Waals surface area contributed by atoms with Gasteiger partial charge >= 0.3 is 0 Å². The van der Waals surface area contributed by atoms with Crippen LogP contribution in [0.25, 0.3) is 5.82 Å².